The summed E-state index contributed by atoms with van der Waals surface area (Å²) in [7, 11) is 0. The second kappa shape index (κ2) is 8.51. The monoisotopic (exact) mass is 409 g/mol. The minimum Gasteiger partial charge on any atom is -0.391 e. The number of aliphatic hydroxyl groups is 1. The number of hydrogen-bond acceptors (Lipinski definition) is 5. The first-order chi connectivity index (χ1) is 11.8. The average molecular weight is 410 g/mol. The van der Waals surface area contributed by atoms with Crippen molar-refractivity contribution in [1.29, 1.82) is 0 Å². The van der Waals surface area contributed by atoms with Crippen LogP contribution >= 0.6 is 23.7 Å². The van der Waals surface area contributed by atoms with E-state index in [1.807, 2.05) is 0 Å². The van der Waals surface area contributed by atoms with Crippen LogP contribution in [0.3, 0.4) is 0 Å². The van der Waals surface area contributed by atoms with E-state index < -0.39 is 17.8 Å². The van der Waals surface area contributed by atoms with Gasteiger partial charge in [-0.3, -0.25) is 4.79 Å². The van der Waals surface area contributed by atoms with Gasteiger partial charge in [0.25, 0.3) is 0 Å². The number of aryl methyl sites for hydroxylation is 1. The molecule has 1 fully saturated rings. The van der Waals surface area contributed by atoms with Gasteiger partial charge >= 0.3 is 6.18 Å². The number of rotatable bonds is 5. The largest absolute Gasteiger partial charge is 0.416 e. The van der Waals surface area contributed by atoms with Gasteiger partial charge in [0.05, 0.1) is 26.9 Å². The molecule has 1 aliphatic heterocycles. The van der Waals surface area contributed by atoms with Gasteiger partial charge in [0.15, 0.2) is 0 Å². The third-order valence-corrected chi connectivity index (χ3v) is 5.29. The van der Waals surface area contributed by atoms with E-state index in [9.17, 15) is 23.1 Å². The van der Waals surface area contributed by atoms with E-state index in [0.717, 1.165) is 12.1 Å². The van der Waals surface area contributed by atoms with Gasteiger partial charge in [0.2, 0.25) is 5.91 Å². The van der Waals surface area contributed by atoms with Crippen LogP contribution in [-0.2, 0) is 17.4 Å². The molecule has 0 saturated carbocycles. The van der Waals surface area contributed by atoms with Crippen LogP contribution in [0.5, 0.6) is 0 Å². The molecule has 144 valence electrons. The van der Waals surface area contributed by atoms with Crippen molar-refractivity contribution in [1.82, 2.24) is 15.6 Å². The van der Waals surface area contributed by atoms with Crippen molar-refractivity contribution in [3.63, 3.8) is 0 Å². The topological polar surface area (TPSA) is 74.2 Å². The fourth-order valence-corrected chi connectivity index (χ4v) is 3.69. The van der Waals surface area contributed by atoms with Crippen molar-refractivity contribution in [2.24, 2.45) is 5.92 Å². The Kier molecular flexibility index (Phi) is 6.84. The van der Waals surface area contributed by atoms with Crippen molar-refractivity contribution in [2.75, 3.05) is 19.6 Å². The molecule has 5 nitrogen and oxygen atoms in total. The Bertz CT molecular complexity index is 769. The van der Waals surface area contributed by atoms with E-state index in [2.05, 4.69) is 15.6 Å². The van der Waals surface area contributed by atoms with Crippen molar-refractivity contribution in [2.45, 2.75) is 25.1 Å². The number of nitrogens with one attached hydrogen (secondary N) is 2. The van der Waals surface area contributed by atoms with Gasteiger partial charge in [-0.2, -0.15) is 13.2 Å². The van der Waals surface area contributed by atoms with Crippen LogP contribution in [0.2, 0.25) is 0 Å². The number of amides is 1. The molecule has 10 heteroatoms. The van der Waals surface area contributed by atoms with Crippen LogP contribution < -0.4 is 10.6 Å². The van der Waals surface area contributed by atoms with Crippen molar-refractivity contribution in [3.05, 3.63) is 28.8 Å². The number of β-amino-alcohol motifs (C(OH)–C–C–N with tert-alkyl or cyclic N) is 1. The van der Waals surface area contributed by atoms with Crippen LogP contribution in [0.25, 0.3) is 10.2 Å². The molecular weight excluding hydrogens is 391 g/mol. The third kappa shape index (κ3) is 5.06. The van der Waals surface area contributed by atoms with Gasteiger partial charge in [0.1, 0.15) is 0 Å². The Morgan fingerprint density at radius 3 is 2.81 bits per heavy atom. The molecule has 1 amide bonds. The minimum atomic E-state index is -4.39. The van der Waals surface area contributed by atoms with E-state index in [4.69, 9.17) is 0 Å². The zero-order chi connectivity index (χ0) is 18.0. The maximum atomic E-state index is 12.7. The second-order valence-corrected chi connectivity index (χ2v) is 7.19. The summed E-state index contributed by atoms with van der Waals surface area (Å²) in [5.74, 6) is -0.151. The molecule has 1 aromatic carbocycles. The Morgan fingerprint density at radius 2 is 2.15 bits per heavy atom. The van der Waals surface area contributed by atoms with Crippen LogP contribution in [0.4, 0.5) is 13.2 Å². The summed E-state index contributed by atoms with van der Waals surface area (Å²) >= 11 is 1.29. The van der Waals surface area contributed by atoms with E-state index in [1.165, 1.54) is 17.4 Å². The summed E-state index contributed by atoms with van der Waals surface area (Å²) in [5, 5.41) is 16.1. The minimum absolute atomic E-state index is 0. The zero-order valence-corrected chi connectivity index (χ0v) is 15.3. The molecule has 2 heterocycles. The lowest BCUT2D eigenvalue weighted by molar-refractivity contribution is -0.137. The first-order valence-electron chi connectivity index (χ1n) is 7.95. The molecule has 0 spiro atoms. The number of hydrogen-bond donors (Lipinski definition) is 3. The van der Waals surface area contributed by atoms with Gasteiger partial charge in [-0.1, -0.05) is 0 Å². The maximum absolute atomic E-state index is 12.7. The molecule has 2 unspecified atom stereocenters. The zero-order valence-electron chi connectivity index (χ0n) is 13.7. The number of alkyl halides is 3. The van der Waals surface area contributed by atoms with Crippen molar-refractivity contribution >= 4 is 39.9 Å². The predicted octanol–water partition coefficient (Wildman–Crippen LogP) is 2.37. The Hall–Kier alpha value is -1.42. The molecule has 3 N–H and O–H groups in total. The highest BCUT2D eigenvalue weighted by atomic mass is 35.5. The number of halogens is 4. The quantitative estimate of drug-likeness (QED) is 0.708. The first kappa shape index (κ1) is 20.9. The Balaban J connectivity index is 0.00000243. The lowest BCUT2D eigenvalue weighted by Gasteiger charge is -2.13. The molecular formula is C16H19ClF3N3O2S. The number of nitrogens with zero attached hydrogens (tertiary/aromatic N) is 1. The summed E-state index contributed by atoms with van der Waals surface area (Å²) in [6.07, 6.45) is -4.26. The van der Waals surface area contributed by atoms with Crippen LogP contribution in [0, 0.1) is 5.92 Å². The number of fused-ring (bicyclic) bond motifs is 1. The van der Waals surface area contributed by atoms with E-state index >= 15 is 0 Å². The van der Waals surface area contributed by atoms with Gasteiger partial charge in [-0.25, -0.2) is 4.98 Å². The number of carbonyl (C=O) groups is 1. The highest BCUT2D eigenvalue weighted by molar-refractivity contribution is 7.18. The number of carbonyl (C=O) groups excluding carboxylic acids is 1. The summed E-state index contributed by atoms with van der Waals surface area (Å²) < 4.78 is 38.8. The highest BCUT2D eigenvalue weighted by Crippen LogP contribution is 2.33. The van der Waals surface area contributed by atoms with Crippen molar-refractivity contribution in [3.8, 4) is 0 Å². The standard InChI is InChI=1S/C16H18F3N3O2S.ClH/c17-16(18,19)10-1-2-13-11(5-10)22-15(25-13)4-3-14(24)21-7-9-6-20-8-12(9)23;/h1-2,5,9,12,20,23H,3-4,6-8H2,(H,21,24);1H. The predicted molar refractivity (Wildman–Crippen MR) is 95.6 cm³/mol. The lowest BCUT2D eigenvalue weighted by Crippen LogP contribution is -2.34. The number of aliphatic hydroxyl groups excluding tert-OH is 1. The van der Waals surface area contributed by atoms with Crippen LogP contribution in [0.1, 0.15) is 17.0 Å². The lowest BCUT2D eigenvalue weighted by atomic mass is 10.1. The van der Waals surface area contributed by atoms with Gasteiger partial charge in [0, 0.05) is 38.4 Å². The van der Waals surface area contributed by atoms with Gasteiger partial charge in [-0.15, -0.1) is 23.7 Å². The molecule has 0 bridgehead atoms. The highest BCUT2D eigenvalue weighted by Gasteiger charge is 2.30. The van der Waals surface area contributed by atoms with E-state index in [1.54, 1.807) is 0 Å². The summed E-state index contributed by atoms with van der Waals surface area (Å²) in [6, 6.07) is 3.48. The fourth-order valence-electron chi connectivity index (χ4n) is 2.74. The van der Waals surface area contributed by atoms with Crippen molar-refractivity contribution < 1.29 is 23.1 Å². The van der Waals surface area contributed by atoms with Gasteiger partial charge < -0.3 is 15.7 Å². The Morgan fingerprint density at radius 1 is 1.38 bits per heavy atom. The van der Waals surface area contributed by atoms with E-state index in [-0.39, 0.29) is 30.7 Å². The smallest absolute Gasteiger partial charge is 0.391 e. The van der Waals surface area contributed by atoms with E-state index in [0.29, 0.717) is 41.3 Å². The Labute approximate surface area is 158 Å². The number of thiazole rings is 1. The molecule has 0 aliphatic carbocycles. The fraction of sp³-hybridized carbons (Fsp3) is 0.500. The SMILES string of the molecule is Cl.O=C(CCc1nc2cc(C(F)(F)F)ccc2s1)NCC1CNCC1O. The molecule has 0 radical (unpaired) electrons. The summed E-state index contributed by atoms with van der Waals surface area (Å²) in [5.41, 5.74) is -0.422. The van der Waals surface area contributed by atoms with Gasteiger partial charge in [-0.05, 0) is 18.2 Å². The molecule has 3 rings (SSSR count). The third-order valence-electron chi connectivity index (χ3n) is 4.19. The molecule has 1 aromatic heterocycles. The maximum Gasteiger partial charge on any atom is 0.416 e. The molecule has 1 aliphatic rings. The molecule has 2 aromatic rings. The average Bonchev–Trinajstić information content (AvgIpc) is 3.14. The first-order valence-corrected chi connectivity index (χ1v) is 8.77. The second-order valence-electron chi connectivity index (χ2n) is 6.08. The van der Waals surface area contributed by atoms with Crippen LogP contribution in [0.15, 0.2) is 18.2 Å². The summed E-state index contributed by atoms with van der Waals surface area (Å²) in [4.78, 5) is 16.1. The molecule has 2 atom stereocenters. The molecule has 1 saturated heterocycles. The summed E-state index contributed by atoms with van der Waals surface area (Å²) in [6.45, 7) is 1.61. The molecule has 26 heavy (non-hydrogen) atoms. The number of aromatic nitrogens is 1. The number of benzene rings is 1. The normalized spacial score (nSPS) is 20.2. The van der Waals surface area contributed by atoms with Crippen LogP contribution in [-0.4, -0.2) is 41.7 Å².